The highest BCUT2D eigenvalue weighted by atomic mass is 16.5. The molecule has 1 heterocycles. The molecule has 0 fully saturated rings. The standard InChI is InChI=1S/C23H25N3O4/c1-15-8-10-20(16(2)12-15)29-14-19-9-11-21(30-19)23(28)25-24-22(27)17-6-5-7-18(13-17)26(3)4/h5-13H,14H2,1-4H3,(H,24,27)(H,25,28). The van der Waals surface area contributed by atoms with Gasteiger partial charge in [0.25, 0.3) is 5.91 Å². The van der Waals surface area contributed by atoms with E-state index in [0.29, 0.717) is 11.3 Å². The highest BCUT2D eigenvalue weighted by Gasteiger charge is 2.14. The van der Waals surface area contributed by atoms with Gasteiger partial charge in [0.2, 0.25) is 0 Å². The Balaban J connectivity index is 1.54. The molecule has 0 saturated carbocycles. The van der Waals surface area contributed by atoms with E-state index in [4.69, 9.17) is 9.15 Å². The van der Waals surface area contributed by atoms with Crippen molar-refractivity contribution in [2.45, 2.75) is 20.5 Å². The molecule has 30 heavy (non-hydrogen) atoms. The fourth-order valence-electron chi connectivity index (χ4n) is 2.86. The fraction of sp³-hybridized carbons (Fsp3) is 0.217. The third kappa shape index (κ3) is 5.20. The van der Waals surface area contributed by atoms with Crippen molar-refractivity contribution < 1.29 is 18.7 Å². The van der Waals surface area contributed by atoms with Gasteiger partial charge < -0.3 is 14.1 Å². The second kappa shape index (κ2) is 9.17. The second-order valence-electron chi connectivity index (χ2n) is 7.18. The number of carbonyl (C=O) groups excluding carboxylic acids is 2. The van der Waals surface area contributed by atoms with Crippen LogP contribution in [0.2, 0.25) is 0 Å². The molecule has 2 amide bonds. The minimum atomic E-state index is -0.551. The van der Waals surface area contributed by atoms with Crippen LogP contribution < -0.4 is 20.5 Å². The summed E-state index contributed by atoms with van der Waals surface area (Å²) in [6.45, 7) is 4.19. The topological polar surface area (TPSA) is 83.8 Å². The largest absolute Gasteiger partial charge is 0.485 e. The molecule has 0 bridgehead atoms. The van der Waals surface area contributed by atoms with Gasteiger partial charge in [0.05, 0.1) is 0 Å². The normalized spacial score (nSPS) is 10.4. The van der Waals surface area contributed by atoms with Crippen LogP contribution in [0.5, 0.6) is 5.75 Å². The van der Waals surface area contributed by atoms with Crippen LogP contribution in [0.1, 0.15) is 37.8 Å². The van der Waals surface area contributed by atoms with Crippen LogP contribution in [0, 0.1) is 13.8 Å². The maximum absolute atomic E-state index is 12.3. The minimum Gasteiger partial charge on any atom is -0.485 e. The summed E-state index contributed by atoms with van der Waals surface area (Å²) < 4.78 is 11.3. The van der Waals surface area contributed by atoms with Crippen molar-refractivity contribution in [3.8, 4) is 5.75 Å². The van der Waals surface area contributed by atoms with Gasteiger partial charge in [-0.15, -0.1) is 0 Å². The molecule has 0 atom stereocenters. The summed E-state index contributed by atoms with van der Waals surface area (Å²) in [6, 6.07) is 16.2. The lowest BCUT2D eigenvalue weighted by atomic mass is 10.1. The number of ether oxygens (including phenoxy) is 1. The Morgan fingerprint density at radius 1 is 0.967 bits per heavy atom. The molecule has 0 radical (unpaired) electrons. The van der Waals surface area contributed by atoms with Gasteiger partial charge in [-0.05, 0) is 55.8 Å². The zero-order chi connectivity index (χ0) is 21.7. The summed E-state index contributed by atoms with van der Waals surface area (Å²) in [5.74, 6) is 0.374. The number of nitrogens with one attached hydrogen (secondary N) is 2. The second-order valence-corrected chi connectivity index (χ2v) is 7.18. The Labute approximate surface area is 175 Å². The number of nitrogens with zero attached hydrogens (tertiary/aromatic N) is 1. The maximum atomic E-state index is 12.3. The van der Waals surface area contributed by atoms with E-state index < -0.39 is 11.8 Å². The van der Waals surface area contributed by atoms with E-state index in [1.807, 2.05) is 57.1 Å². The number of anilines is 1. The number of hydrazine groups is 1. The van der Waals surface area contributed by atoms with Crippen LogP contribution >= 0.6 is 0 Å². The molecular formula is C23H25N3O4. The summed E-state index contributed by atoms with van der Waals surface area (Å²) in [6.07, 6.45) is 0. The predicted octanol–water partition coefficient (Wildman–Crippen LogP) is 3.62. The predicted molar refractivity (Wildman–Crippen MR) is 115 cm³/mol. The van der Waals surface area contributed by atoms with Crippen molar-refractivity contribution >= 4 is 17.5 Å². The molecule has 3 rings (SSSR count). The summed E-state index contributed by atoms with van der Waals surface area (Å²) in [5, 5.41) is 0. The van der Waals surface area contributed by atoms with E-state index in [0.717, 1.165) is 22.6 Å². The Kier molecular flexibility index (Phi) is 6.41. The van der Waals surface area contributed by atoms with Gasteiger partial charge in [-0.1, -0.05) is 23.8 Å². The van der Waals surface area contributed by atoms with E-state index in [-0.39, 0.29) is 12.4 Å². The quantitative estimate of drug-likeness (QED) is 0.610. The van der Waals surface area contributed by atoms with Crippen LogP contribution in [-0.4, -0.2) is 25.9 Å². The molecule has 0 unspecified atom stereocenters. The van der Waals surface area contributed by atoms with Crippen molar-refractivity contribution in [2.24, 2.45) is 0 Å². The molecule has 0 aliphatic carbocycles. The summed E-state index contributed by atoms with van der Waals surface area (Å²) in [5.41, 5.74) is 8.26. The SMILES string of the molecule is Cc1ccc(OCc2ccc(C(=O)NNC(=O)c3cccc(N(C)C)c3)o2)c(C)c1. The number of rotatable bonds is 6. The van der Waals surface area contributed by atoms with E-state index in [9.17, 15) is 9.59 Å². The van der Waals surface area contributed by atoms with E-state index in [2.05, 4.69) is 10.9 Å². The lowest BCUT2D eigenvalue weighted by Crippen LogP contribution is -2.41. The average Bonchev–Trinajstić information content (AvgIpc) is 3.20. The van der Waals surface area contributed by atoms with Crippen LogP contribution in [0.15, 0.2) is 59.0 Å². The van der Waals surface area contributed by atoms with Gasteiger partial charge >= 0.3 is 5.91 Å². The molecule has 7 nitrogen and oxygen atoms in total. The summed E-state index contributed by atoms with van der Waals surface area (Å²) in [4.78, 5) is 26.4. The number of aryl methyl sites for hydroxylation is 2. The molecule has 7 heteroatoms. The van der Waals surface area contributed by atoms with Gasteiger partial charge in [-0.3, -0.25) is 20.4 Å². The molecule has 0 spiro atoms. The van der Waals surface area contributed by atoms with Crippen molar-refractivity contribution in [3.05, 3.63) is 82.8 Å². The van der Waals surface area contributed by atoms with Crippen molar-refractivity contribution in [2.75, 3.05) is 19.0 Å². The van der Waals surface area contributed by atoms with Gasteiger partial charge in [0, 0.05) is 25.3 Å². The average molecular weight is 407 g/mol. The molecule has 1 aromatic heterocycles. The van der Waals surface area contributed by atoms with Crippen molar-refractivity contribution in [1.29, 1.82) is 0 Å². The van der Waals surface area contributed by atoms with Gasteiger partial charge in [-0.25, -0.2) is 0 Å². The highest BCUT2D eigenvalue weighted by molar-refractivity contribution is 5.98. The van der Waals surface area contributed by atoms with Gasteiger partial charge in [-0.2, -0.15) is 0 Å². The highest BCUT2D eigenvalue weighted by Crippen LogP contribution is 2.20. The molecule has 2 N–H and O–H groups in total. The minimum absolute atomic E-state index is 0.0802. The van der Waals surface area contributed by atoms with Gasteiger partial charge in [0.15, 0.2) is 5.76 Å². The molecule has 3 aromatic rings. The van der Waals surface area contributed by atoms with Crippen molar-refractivity contribution in [1.82, 2.24) is 10.9 Å². The lowest BCUT2D eigenvalue weighted by Gasteiger charge is -2.13. The lowest BCUT2D eigenvalue weighted by molar-refractivity contribution is 0.0828. The zero-order valence-electron chi connectivity index (χ0n) is 17.5. The first-order chi connectivity index (χ1) is 14.3. The first-order valence-corrected chi connectivity index (χ1v) is 9.50. The monoisotopic (exact) mass is 407 g/mol. The Bertz CT molecular complexity index is 1060. The Hall–Kier alpha value is -3.74. The van der Waals surface area contributed by atoms with Crippen LogP contribution in [-0.2, 0) is 6.61 Å². The molecular weight excluding hydrogens is 382 g/mol. The molecule has 2 aromatic carbocycles. The van der Waals surface area contributed by atoms with Gasteiger partial charge in [0.1, 0.15) is 18.1 Å². The smallest absolute Gasteiger partial charge is 0.305 e. The van der Waals surface area contributed by atoms with Crippen LogP contribution in [0.3, 0.4) is 0 Å². The van der Waals surface area contributed by atoms with Crippen LogP contribution in [0.4, 0.5) is 5.69 Å². The number of hydrogen-bond donors (Lipinski definition) is 2. The van der Waals surface area contributed by atoms with E-state index >= 15 is 0 Å². The third-order valence-electron chi connectivity index (χ3n) is 4.50. The Morgan fingerprint density at radius 2 is 1.73 bits per heavy atom. The number of furan rings is 1. The number of hydrogen-bond acceptors (Lipinski definition) is 5. The van der Waals surface area contributed by atoms with E-state index in [1.54, 1.807) is 24.3 Å². The fourth-order valence-corrected chi connectivity index (χ4v) is 2.86. The maximum Gasteiger partial charge on any atom is 0.305 e. The molecule has 0 aliphatic rings. The summed E-state index contributed by atoms with van der Waals surface area (Å²) >= 11 is 0. The first-order valence-electron chi connectivity index (χ1n) is 9.50. The number of amides is 2. The summed E-state index contributed by atoms with van der Waals surface area (Å²) in [7, 11) is 3.77. The third-order valence-corrected chi connectivity index (χ3v) is 4.50. The molecule has 0 aliphatic heterocycles. The Morgan fingerprint density at radius 3 is 2.47 bits per heavy atom. The van der Waals surface area contributed by atoms with Crippen LogP contribution in [0.25, 0.3) is 0 Å². The molecule has 156 valence electrons. The number of carbonyl (C=O) groups is 2. The molecule has 0 saturated heterocycles. The van der Waals surface area contributed by atoms with E-state index in [1.165, 1.54) is 6.07 Å². The van der Waals surface area contributed by atoms with Crippen molar-refractivity contribution in [3.63, 3.8) is 0 Å². The number of benzene rings is 2. The first kappa shape index (κ1) is 21.0. The zero-order valence-corrected chi connectivity index (χ0v) is 17.5.